The lowest BCUT2D eigenvalue weighted by molar-refractivity contribution is -0.0548. The van der Waals surface area contributed by atoms with E-state index in [1.807, 2.05) is 6.07 Å². The molecule has 16 heavy (non-hydrogen) atoms. The van der Waals surface area contributed by atoms with Crippen molar-refractivity contribution in [3.8, 4) is 6.07 Å². The van der Waals surface area contributed by atoms with Crippen LogP contribution in [0.1, 0.15) is 12.0 Å². The third-order valence-electron chi connectivity index (χ3n) is 2.45. The van der Waals surface area contributed by atoms with Crippen LogP contribution in [0.25, 0.3) is 0 Å². The lowest BCUT2D eigenvalue weighted by atomic mass is 10.1. The number of rotatable bonds is 3. The molecule has 1 saturated heterocycles. The molecule has 84 valence electrons. The average Bonchev–Trinajstić information content (AvgIpc) is 2.70. The van der Waals surface area contributed by atoms with Gasteiger partial charge in [-0.3, -0.25) is 0 Å². The Bertz CT molecular complexity index is 385. The van der Waals surface area contributed by atoms with Crippen LogP contribution in [0, 0.1) is 17.1 Å². The molecule has 1 aromatic rings. The van der Waals surface area contributed by atoms with Gasteiger partial charge in [0.1, 0.15) is 5.82 Å². The number of nitriles is 1. The minimum Gasteiger partial charge on any atom is -0.350 e. The van der Waals surface area contributed by atoms with E-state index >= 15 is 0 Å². The summed E-state index contributed by atoms with van der Waals surface area (Å²) in [5.74, 6) is -0.251. The van der Waals surface area contributed by atoms with Crippen molar-refractivity contribution >= 4 is 0 Å². The zero-order chi connectivity index (χ0) is 11.4. The molecule has 0 N–H and O–H groups in total. The molecule has 2 atom stereocenters. The number of hydrogen-bond donors (Lipinski definition) is 0. The Morgan fingerprint density at radius 2 is 2.12 bits per heavy atom. The van der Waals surface area contributed by atoms with Crippen LogP contribution in [0.15, 0.2) is 24.3 Å². The summed E-state index contributed by atoms with van der Waals surface area (Å²) in [5, 5.41) is 8.51. The molecule has 0 saturated carbocycles. The van der Waals surface area contributed by atoms with Gasteiger partial charge in [-0.15, -0.1) is 0 Å². The Morgan fingerprint density at radius 3 is 2.81 bits per heavy atom. The zero-order valence-corrected chi connectivity index (χ0v) is 8.73. The first kappa shape index (κ1) is 11.1. The van der Waals surface area contributed by atoms with E-state index < -0.39 is 0 Å². The van der Waals surface area contributed by atoms with E-state index in [1.54, 1.807) is 12.1 Å². The highest BCUT2D eigenvalue weighted by Gasteiger charge is 2.25. The Hall–Kier alpha value is -1.44. The number of hydrogen-bond acceptors (Lipinski definition) is 3. The molecule has 0 spiro atoms. The fourth-order valence-electron chi connectivity index (χ4n) is 1.64. The van der Waals surface area contributed by atoms with E-state index in [1.165, 1.54) is 12.1 Å². The third kappa shape index (κ3) is 2.78. The Morgan fingerprint density at radius 1 is 1.38 bits per heavy atom. The zero-order valence-electron chi connectivity index (χ0n) is 8.73. The molecule has 0 radical (unpaired) electrons. The fourth-order valence-corrected chi connectivity index (χ4v) is 1.64. The van der Waals surface area contributed by atoms with Crippen molar-refractivity contribution in [2.75, 3.05) is 6.61 Å². The van der Waals surface area contributed by atoms with Gasteiger partial charge in [0.05, 0.1) is 25.2 Å². The van der Waals surface area contributed by atoms with E-state index in [4.69, 9.17) is 14.7 Å². The normalized spacial score (nSPS) is 24.2. The molecule has 1 heterocycles. The molecule has 3 nitrogen and oxygen atoms in total. The molecule has 1 aliphatic heterocycles. The molecule has 0 aliphatic carbocycles. The topological polar surface area (TPSA) is 42.2 Å². The standard InChI is InChI=1S/C12H12FNO2/c13-10-3-1-9(2-4-10)7-12-15-8-11(16-12)5-6-14/h1-4,11-12H,5,7-8H2. The Balaban J connectivity index is 1.87. The summed E-state index contributed by atoms with van der Waals surface area (Å²) in [5.41, 5.74) is 0.962. The van der Waals surface area contributed by atoms with E-state index in [9.17, 15) is 4.39 Å². The summed E-state index contributed by atoms with van der Waals surface area (Å²) in [6.07, 6.45) is 0.488. The fraction of sp³-hybridized carbons (Fsp3) is 0.417. The van der Waals surface area contributed by atoms with Crippen LogP contribution in [-0.2, 0) is 15.9 Å². The van der Waals surface area contributed by atoms with Crippen molar-refractivity contribution in [3.63, 3.8) is 0 Å². The van der Waals surface area contributed by atoms with Crippen LogP contribution < -0.4 is 0 Å². The summed E-state index contributed by atoms with van der Waals surface area (Å²) in [4.78, 5) is 0. The van der Waals surface area contributed by atoms with Crippen molar-refractivity contribution in [1.82, 2.24) is 0 Å². The van der Waals surface area contributed by atoms with Gasteiger partial charge in [0.15, 0.2) is 6.29 Å². The van der Waals surface area contributed by atoms with Crippen LogP contribution in [0.3, 0.4) is 0 Å². The van der Waals surface area contributed by atoms with Crippen LogP contribution in [-0.4, -0.2) is 19.0 Å². The maximum atomic E-state index is 12.7. The van der Waals surface area contributed by atoms with Crippen molar-refractivity contribution in [1.29, 1.82) is 5.26 Å². The molecule has 1 aliphatic rings. The van der Waals surface area contributed by atoms with Gasteiger partial charge in [-0.05, 0) is 17.7 Å². The highest BCUT2D eigenvalue weighted by atomic mass is 19.1. The van der Waals surface area contributed by atoms with Crippen molar-refractivity contribution < 1.29 is 13.9 Å². The average molecular weight is 221 g/mol. The van der Waals surface area contributed by atoms with Gasteiger partial charge in [0, 0.05) is 6.42 Å². The number of benzene rings is 1. The first-order chi connectivity index (χ1) is 7.78. The molecule has 4 heteroatoms. The van der Waals surface area contributed by atoms with Crippen molar-refractivity contribution in [2.24, 2.45) is 0 Å². The van der Waals surface area contributed by atoms with Crippen LogP contribution in [0.5, 0.6) is 0 Å². The Kier molecular flexibility index (Phi) is 3.50. The van der Waals surface area contributed by atoms with E-state index in [2.05, 4.69) is 0 Å². The third-order valence-corrected chi connectivity index (χ3v) is 2.45. The van der Waals surface area contributed by atoms with E-state index in [-0.39, 0.29) is 18.2 Å². The van der Waals surface area contributed by atoms with E-state index in [0.717, 1.165) is 5.56 Å². The summed E-state index contributed by atoms with van der Waals surface area (Å²) < 4.78 is 23.5. The molecular weight excluding hydrogens is 209 g/mol. The predicted molar refractivity (Wildman–Crippen MR) is 54.9 cm³/mol. The second kappa shape index (κ2) is 5.06. The number of ether oxygens (including phenoxy) is 2. The minimum atomic E-state index is -0.316. The van der Waals surface area contributed by atoms with Crippen LogP contribution >= 0.6 is 0 Å². The van der Waals surface area contributed by atoms with Gasteiger partial charge in [-0.1, -0.05) is 12.1 Å². The SMILES string of the molecule is N#CCC1COC(Cc2ccc(F)cc2)O1. The van der Waals surface area contributed by atoms with Gasteiger partial charge < -0.3 is 9.47 Å². The van der Waals surface area contributed by atoms with E-state index in [0.29, 0.717) is 19.4 Å². The van der Waals surface area contributed by atoms with Gasteiger partial charge >= 0.3 is 0 Å². The molecule has 0 bridgehead atoms. The predicted octanol–water partition coefficient (Wildman–Crippen LogP) is 2.02. The molecule has 2 unspecified atom stereocenters. The smallest absolute Gasteiger partial charge is 0.162 e. The van der Waals surface area contributed by atoms with Crippen LogP contribution in [0.2, 0.25) is 0 Å². The van der Waals surface area contributed by atoms with Crippen molar-refractivity contribution in [3.05, 3.63) is 35.6 Å². The summed E-state index contributed by atoms with van der Waals surface area (Å²) in [6, 6.07) is 8.29. The highest BCUT2D eigenvalue weighted by Crippen LogP contribution is 2.18. The van der Waals surface area contributed by atoms with Gasteiger partial charge in [-0.25, -0.2) is 4.39 Å². The highest BCUT2D eigenvalue weighted by molar-refractivity contribution is 5.16. The molecule has 0 aromatic heterocycles. The van der Waals surface area contributed by atoms with Crippen molar-refractivity contribution in [2.45, 2.75) is 25.2 Å². The molecular formula is C12H12FNO2. The molecule has 1 aromatic carbocycles. The molecule has 2 rings (SSSR count). The Labute approximate surface area is 93.4 Å². The quantitative estimate of drug-likeness (QED) is 0.784. The maximum absolute atomic E-state index is 12.7. The van der Waals surface area contributed by atoms with Gasteiger partial charge in [0.2, 0.25) is 0 Å². The lowest BCUT2D eigenvalue weighted by Gasteiger charge is -2.09. The first-order valence-corrected chi connectivity index (χ1v) is 5.16. The summed E-state index contributed by atoms with van der Waals surface area (Å²) in [7, 11) is 0. The minimum absolute atomic E-state index is 0.129. The summed E-state index contributed by atoms with van der Waals surface area (Å²) in [6.45, 7) is 0.458. The second-order valence-corrected chi connectivity index (χ2v) is 3.71. The lowest BCUT2D eigenvalue weighted by Crippen LogP contribution is -2.14. The largest absolute Gasteiger partial charge is 0.350 e. The second-order valence-electron chi connectivity index (χ2n) is 3.71. The molecule has 1 fully saturated rings. The van der Waals surface area contributed by atoms with Gasteiger partial charge in [0.25, 0.3) is 0 Å². The number of nitrogens with zero attached hydrogens (tertiary/aromatic N) is 1. The number of halogens is 1. The van der Waals surface area contributed by atoms with Crippen LogP contribution in [0.4, 0.5) is 4.39 Å². The first-order valence-electron chi connectivity index (χ1n) is 5.16. The maximum Gasteiger partial charge on any atom is 0.162 e. The molecule has 0 amide bonds. The van der Waals surface area contributed by atoms with Gasteiger partial charge in [-0.2, -0.15) is 5.26 Å². The monoisotopic (exact) mass is 221 g/mol. The summed E-state index contributed by atoms with van der Waals surface area (Å²) >= 11 is 0.